The van der Waals surface area contributed by atoms with E-state index in [2.05, 4.69) is 9.97 Å². The molecule has 0 fully saturated rings. The molecule has 0 bridgehead atoms. The third kappa shape index (κ3) is 4.23. The van der Waals surface area contributed by atoms with E-state index in [-0.39, 0.29) is 25.9 Å². The molecule has 2 aromatic heterocycles. The Morgan fingerprint density at radius 1 is 0.786 bits per heavy atom. The summed E-state index contributed by atoms with van der Waals surface area (Å²) < 4.78 is 5.78. The van der Waals surface area contributed by atoms with E-state index in [4.69, 9.17) is 4.74 Å². The van der Waals surface area contributed by atoms with Crippen LogP contribution in [0.3, 0.4) is 0 Å². The van der Waals surface area contributed by atoms with E-state index in [9.17, 15) is 24.3 Å². The van der Waals surface area contributed by atoms with Gasteiger partial charge >= 0.3 is 11.9 Å². The standard InChI is InChI=1S/C34H28N2O6/c1-2-42-33(41)34(13-7-12-30(39)40,26-16-20(18-37)14-24-22-8-3-5-10-28(22)35-31(24)26)27-17-21(19-38)15-25-23-9-4-6-11-29(23)36-32(25)27/h3-6,8-11,14-19,35-36H,2,7,12-13H2,1H3,(H,39,40). The topological polar surface area (TPSA) is 129 Å². The summed E-state index contributed by atoms with van der Waals surface area (Å²) in [5.41, 5.74) is 2.98. The van der Waals surface area contributed by atoms with Gasteiger partial charge in [-0.15, -0.1) is 0 Å². The Morgan fingerprint density at radius 3 is 1.74 bits per heavy atom. The predicted octanol–water partition coefficient (Wildman–Crippen LogP) is 6.68. The van der Waals surface area contributed by atoms with E-state index in [1.54, 1.807) is 31.2 Å². The van der Waals surface area contributed by atoms with Crippen LogP contribution < -0.4 is 0 Å². The fourth-order valence-corrected chi connectivity index (χ4v) is 6.25. The Hall–Kier alpha value is -5.24. The molecule has 0 saturated carbocycles. The maximum atomic E-state index is 14.5. The van der Waals surface area contributed by atoms with Gasteiger partial charge in [0.25, 0.3) is 0 Å². The van der Waals surface area contributed by atoms with Crippen molar-refractivity contribution in [2.24, 2.45) is 0 Å². The van der Waals surface area contributed by atoms with E-state index >= 15 is 0 Å². The van der Waals surface area contributed by atoms with Gasteiger partial charge in [0.05, 0.1) is 17.6 Å². The van der Waals surface area contributed by atoms with Crippen LogP contribution >= 0.6 is 0 Å². The highest BCUT2D eigenvalue weighted by Gasteiger charge is 2.47. The van der Waals surface area contributed by atoms with Gasteiger partial charge < -0.3 is 19.8 Å². The molecular weight excluding hydrogens is 532 g/mol. The number of benzene rings is 4. The van der Waals surface area contributed by atoms with Gasteiger partial charge in [0.15, 0.2) is 0 Å². The van der Waals surface area contributed by atoms with Gasteiger partial charge in [0.2, 0.25) is 0 Å². The molecule has 0 amide bonds. The minimum Gasteiger partial charge on any atom is -0.481 e. The summed E-state index contributed by atoms with van der Waals surface area (Å²) in [5, 5.41) is 12.8. The Balaban J connectivity index is 1.81. The predicted molar refractivity (Wildman–Crippen MR) is 161 cm³/mol. The van der Waals surface area contributed by atoms with Crippen molar-refractivity contribution >= 4 is 68.1 Å². The van der Waals surface area contributed by atoms with Gasteiger partial charge in [-0.05, 0) is 67.3 Å². The lowest BCUT2D eigenvalue weighted by Crippen LogP contribution is -2.40. The molecule has 210 valence electrons. The van der Waals surface area contributed by atoms with Crippen molar-refractivity contribution in [2.45, 2.75) is 31.6 Å². The maximum absolute atomic E-state index is 14.5. The van der Waals surface area contributed by atoms with Crippen molar-refractivity contribution in [2.75, 3.05) is 6.61 Å². The molecule has 0 aliphatic rings. The number of nitrogens with one attached hydrogen (secondary N) is 2. The first-order valence-corrected chi connectivity index (χ1v) is 13.8. The number of carboxylic acids is 1. The lowest BCUT2D eigenvalue weighted by molar-refractivity contribution is -0.149. The first-order chi connectivity index (χ1) is 20.4. The summed E-state index contributed by atoms with van der Waals surface area (Å²) in [7, 11) is 0. The highest BCUT2D eigenvalue weighted by Crippen LogP contribution is 2.47. The van der Waals surface area contributed by atoms with Crippen molar-refractivity contribution in [1.29, 1.82) is 0 Å². The molecule has 4 aromatic carbocycles. The number of carbonyl (C=O) groups excluding carboxylic acids is 3. The summed E-state index contributed by atoms with van der Waals surface area (Å²) in [4.78, 5) is 57.7. The molecule has 6 aromatic rings. The molecule has 2 heterocycles. The quantitative estimate of drug-likeness (QED) is 0.127. The van der Waals surface area contributed by atoms with E-state index in [1.165, 1.54) is 0 Å². The Bertz CT molecular complexity index is 1910. The number of aliphatic carboxylic acids is 1. The highest BCUT2D eigenvalue weighted by molar-refractivity contribution is 6.14. The number of ether oxygens (including phenoxy) is 1. The smallest absolute Gasteiger partial charge is 0.321 e. The fraction of sp³-hybridized carbons (Fsp3) is 0.176. The van der Waals surface area contributed by atoms with Crippen molar-refractivity contribution < 1.29 is 29.0 Å². The molecule has 42 heavy (non-hydrogen) atoms. The Kier molecular flexibility index (Phi) is 6.82. The molecule has 3 N–H and O–H groups in total. The Morgan fingerprint density at radius 2 is 1.29 bits per heavy atom. The second-order valence-electron chi connectivity index (χ2n) is 10.4. The zero-order chi connectivity index (χ0) is 29.4. The number of hydrogen-bond donors (Lipinski definition) is 3. The average molecular weight is 561 g/mol. The molecule has 0 aliphatic carbocycles. The summed E-state index contributed by atoms with van der Waals surface area (Å²) >= 11 is 0. The normalized spacial score (nSPS) is 11.8. The number of H-pyrrole nitrogens is 2. The van der Waals surface area contributed by atoms with Gasteiger partial charge in [0, 0.05) is 50.1 Å². The number of esters is 1. The number of fused-ring (bicyclic) bond motifs is 6. The summed E-state index contributed by atoms with van der Waals surface area (Å²) in [6, 6.07) is 22.2. The largest absolute Gasteiger partial charge is 0.481 e. The SMILES string of the molecule is CCOC(=O)C(CCCC(=O)O)(c1cc(C=O)cc2c1[nH]c1ccccc12)c1cc(C=O)cc2c1[nH]c1ccccc12. The highest BCUT2D eigenvalue weighted by atomic mass is 16.5. The molecule has 8 nitrogen and oxygen atoms in total. The van der Waals surface area contributed by atoms with Crippen LogP contribution in [0.5, 0.6) is 0 Å². The molecule has 0 atom stereocenters. The van der Waals surface area contributed by atoms with Gasteiger partial charge in [-0.1, -0.05) is 36.4 Å². The van der Waals surface area contributed by atoms with Crippen LogP contribution in [0.1, 0.15) is 58.0 Å². The number of aromatic nitrogens is 2. The van der Waals surface area contributed by atoms with Crippen molar-refractivity contribution in [1.82, 2.24) is 9.97 Å². The van der Waals surface area contributed by atoms with Gasteiger partial charge in [-0.25, -0.2) is 0 Å². The first-order valence-electron chi connectivity index (χ1n) is 13.8. The summed E-state index contributed by atoms with van der Waals surface area (Å²) in [6.07, 6.45) is 1.47. The van der Waals surface area contributed by atoms with Crippen LogP contribution in [0.4, 0.5) is 0 Å². The third-order valence-electron chi connectivity index (χ3n) is 8.03. The minimum absolute atomic E-state index is 0.0533. The van der Waals surface area contributed by atoms with Crippen molar-refractivity contribution in [3.05, 3.63) is 95.1 Å². The third-order valence-corrected chi connectivity index (χ3v) is 8.03. The summed E-state index contributed by atoms with van der Waals surface area (Å²) in [5.74, 6) is -1.59. The van der Waals surface area contributed by atoms with Gasteiger partial charge in [-0.2, -0.15) is 0 Å². The van der Waals surface area contributed by atoms with E-state index in [1.807, 2.05) is 48.5 Å². The minimum atomic E-state index is -1.58. The molecule has 8 heteroatoms. The maximum Gasteiger partial charge on any atom is 0.321 e. The van der Waals surface area contributed by atoms with Gasteiger partial charge in [0.1, 0.15) is 18.0 Å². The first kappa shape index (κ1) is 27.0. The van der Waals surface area contributed by atoms with E-state index in [0.717, 1.165) is 45.2 Å². The number of hydrogen-bond acceptors (Lipinski definition) is 5. The summed E-state index contributed by atoms with van der Waals surface area (Å²) in [6.45, 7) is 1.78. The molecule has 0 unspecified atom stereocenters. The van der Waals surface area contributed by atoms with Crippen LogP contribution in [-0.2, 0) is 19.7 Å². The number of aromatic amines is 2. The number of carbonyl (C=O) groups is 4. The lowest BCUT2D eigenvalue weighted by Gasteiger charge is -2.34. The second-order valence-corrected chi connectivity index (χ2v) is 10.4. The molecule has 0 spiro atoms. The van der Waals surface area contributed by atoms with Crippen LogP contribution in [0.25, 0.3) is 43.6 Å². The zero-order valence-electron chi connectivity index (χ0n) is 22.9. The molecule has 0 aliphatic heterocycles. The number of aldehydes is 2. The van der Waals surface area contributed by atoms with Crippen LogP contribution in [0.15, 0.2) is 72.8 Å². The van der Waals surface area contributed by atoms with Gasteiger partial charge in [-0.3, -0.25) is 19.2 Å². The number of carboxylic acid groups (broad SMARTS) is 1. The van der Waals surface area contributed by atoms with E-state index in [0.29, 0.717) is 33.3 Å². The molecular formula is C34H28N2O6. The Labute approximate surface area is 240 Å². The number of rotatable bonds is 10. The van der Waals surface area contributed by atoms with Crippen LogP contribution in [-0.4, -0.2) is 46.2 Å². The van der Waals surface area contributed by atoms with Crippen molar-refractivity contribution in [3.8, 4) is 0 Å². The molecule has 0 saturated heterocycles. The number of para-hydroxylation sites is 2. The monoisotopic (exact) mass is 560 g/mol. The molecule has 0 radical (unpaired) electrons. The fourth-order valence-electron chi connectivity index (χ4n) is 6.25. The van der Waals surface area contributed by atoms with E-state index < -0.39 is 17.4 Å². The zero-order valence-corrected chi connectivity index (χ0v) is 22.9. The lowest BCUT2D eigenvalue weighted by atomic mass is 9.69. The second kappa shape index (κ2) is 10.6. The average Bonchev–Trinajstić information content (AvgIpc) is 3.57. The van der Waals surface area contributed by atoms with Crippen LogP contribution in [0.2, 0.25) is 0 Å². The molecule has 6 rings (SSSR count). The van der Waals surface area contributed by atoms with Crippen molar-refractivity contribution in [3.63, 3.8) is 0 Å². The van der Waals surface area contributed by atoms with Crippen LogP contribution in [0, 0.1) is 0 Å².